The summed E-state index contributed by atoms with van der Waals surface area (Å²) in [4.78, 5) is 0. The summed E-state index contributed by atoms with van der Waals surface area (Å²) in [5.41, 5.74) is 0.454. The smallest absolute Gasteiger partial charge is 0.209 e. The Morgan fingerprint density at radius 3 is 2.44 bits per heavy atom. The first kappa shape index (κ1) is 13.5. The predicted octanol–water partition coefficient (Wildman–Crippen LogP) is 2.61. The first-order valence-electron chi connectivity index (χ1n) is 6.19. The Bertz CT molecular complexity index is 509. The van der Waals surface area contributed by atoms with Crippen molar-refractivity contribution in [3.05, 3.63) is 35.6 Å². The maximum Gasteiger partial charge on any atom is 0.209 e. The number of benzene rings is 1. The molecular formula is C13H18FNO2S. The molecule has 0 aliphatic heterocycles. The third-order valence-corrected chi connectivity index (χ3v) is 4.13. The second kappa shape index (κ2) is 5.36. The molecule has 0 heterocycles. The maximum atomic E-state index is 13.8. The van der Waals surface area contributed by atoms with E-state index >= 15 is 0 Å². The fraction of sp³-hybridized carbons (Fsp3) is 0.538. The number of hydrogen-bond donors (Lipinski definition) is 1. The van der Waals surface area contributed by atoms with E-state index in [1.54, 1.807) is 18.2 Å². The molecular weight excluding hydrogens is 253 g/mol. The van der Waals surface area contributed by atoms with Crippen LogP contribution in [0.15, 0.2) is 24.3 Å². The molecule has 1 aromatic carbocycles. The van der Waals surface area contributed by atoms with Crippen molar-refractivity contribution in [2.75, 3.05) is 6.26 Å². The molecule has 0 radical (unpaired) electrons. The number of rotatable bonds is 4. The van der Waals surface area contributed by atoms with Gasteiger partial charge in [-0.25, -0.2) is 17.5 Å². The van der Waals surface area contributed by atoms with Gasteiger partial charge in [-0.2, -0.15) is 0 Å². The molecule has 1 atom stereocenters. The molecule has 1 aliphatic rings. The SMILES string of the molecule is CS(=O)(=O)NC(c1ccccc1F)C1CCCC1. The zero-order chi connectivity index (χ0) is 13.2. The molecule has 1 aliphatic carbocycles. The lowest BCUT2D eigenvalue weighted by Gasteiger charge is -2.24. The van der Waals surface area contributed by atoms with E-state index < -0.39 is 16.1 Å². The fourth-order valence-electron chi connectivity index (χ4n) is 2.66. The van der Waals surface area contributed by atoms with E-state index in [1.165, 1.54) is 6.07 Å². The molecule has 0 amide bonds. The van der Waals surface area contributed by atoms with Crippen LogP contribution in [0, 0.1) is 11.7 Å². The summed E-state index contributed by atoms with van der Waals surface area (Å²) < 4.78 is 39.3. The molecule has 0 saturated heterocycles. The zero-order valence-corrected chi connectivity index (χ0v) is 11.2. The second-order valence-corrected chi connectivity index (χ2v) is 6.71. The Hall–Kier alpha value is -0.940. The molecule has 2 rings (SSSR count). The number of sulfonamides is 1. The molecule has 1 fully saturated rings. The minimum absolute atomic E-state index is 0.191. The lowest BCUT2D eigenvalue weighted by Crippen LogP contribution is -2.32. The van der Waals surface area contributed by atoms with Crippen molar-refractivity contribution in [3.63, 3.8) is 0 Å². The van der Waals surface area contributed by atoms with Gasteiger partial charge in [0.15, 0.2) is 0 Å². The van der Waals surface area contributed by atoms with Crippen molar-refractivity contribution in [1.29, 1.82) is 0 Å². The third-order valence-electron chi connectivity index (χ3n) is 3.45. The Morgan fingerprint density at radius 2 is 1.89 bits per heavy atom. The third kappa shape index (κ3) is 3.29. The van der Waals surface area contributed by atoms with Gasteiger partial charge in [0.1, 0.15) is 5.82 Å². The van der Waals surface area contributed by atoms with Gasteiger partial charge < -0.3 is 0 Å². The topological polar surface area (TPSA) is 46.2 Å². The number of nitrogens with one attached hydrogen (secondary N) is 1. The van der Waals surface area contributed by atoms with Gasteiger partial charge in [-0.05, 0) is 24.8 Å². The summed E-state index contributed by atoms with van der Waals surface area (Å²) in [6.07, 6.45) is 5.18. The minimum atomic E-state index is -3.34. The lowest BCUT2D eigenvalue weighted by atomic mass is 9.92. The summed E-state index contributed by atoms with van der Waals surface area (Å²) >= 11 is 0. The summed E-state index contributed by atoms with van der Waals surface area (Å²) in [7, 11) is -3.34. The van der Waals surface area contributed by atoms with Gasteiger partial charge in [-0.15, -0.1) is 0 Å². The van der Waals surface area contributed by atoms with Crippen molar-refractivity contribution in [2.24, 2.45) is 5.92 Å². The molecule has 5 heteroatoms. The van der Waals surface area contributed by atoms with Crippen LogP contribution >= 0.6 is 0 Å². The van der Waals surface area contributed by atoms with E-state index in [-0.39, 0.29) is 11.7 Å². The van der Waals surface area contributed by atoms with Gasteiger partial charge in [-0.3, -0.25) is 0 Å². The molecule has 1 saturated carbocycles. The van der Waals surface area contributed by atoms with Gasteiger partial charge in [0.05, 0.1) is 12.3 Å². The number of halogens is 1. The van der Waals surface area contributed by atoms with Crippen LogP contribution in [0.1, 0.15) is 37.3 Å². The van der Waals surface area contributed by atoms with E-state index in [0.29, 0.717) is 5.56 Å². The van der Waals surface area contributed by atoms with Crippen LogP contribution < -0.4 is 4.72 Å². The van der Waals surface area contributed by atoms with Crippen molar-refractivity contribution in [1.82, 2.24) is 4.72 Å². The van der Waals surface area contributed by atoms with E-state index in [2.05, 4.69) is 4.72 Å². The van der Waals surface area contributed by atoms with Crippen LogP contribution in [0.3, 0.4) is 0 Å². The molecule has 18 heavy (non-hydrogen) atoms. The average Bonchev–Trinajstić information content (AvgIpc) is 2.79. The van der Waals surface area contributed by atoms with Crippen LogP contribution in [0.25, 0.3) is 0 Å². The van der Waals surface area contributed by atoms with Crippen LogP contribution in [-0.4, -0.2) is 14.7 Å². The largest absolute Gasteiger partial charge is 0.213 e. The first-order chi connectivity index (χ1) is 8.47. The van der Waals surface area contributed by atoms with Gasteiger partial charge >= 0.3 is 0 Å². The highest BCUT2D eigenvalue weighted by atomic mass is 32.2. The molecule has 1 unspecified atom stereocenters. The maximum absolute atomic E-state index is 13.8. The van der Waals surface area contributed by atoms with Crippen molar-refractivity contribution in [3.8, 4) is 0 Å². The summed E-state index contributed by atoms with van der Waals surface area (Å²) in [5, 5.41) is 0. The highest BCUT2D eigenvalue weighted by molar-refractivity contribution is 7.88. The van der Waals surface area contributed by atoms with Crippen molar-refractivity contribution in [2.45, 2.75) is 31.7 Å². The van der Waals surface area contributed by atoms with Crippen LogP contribution in [-0.2, 0) is 10.0 Å². The molecule has 3 nitrogen and oxygen atoms in total. The minimum Gasteiger partial charge on any atom is -0.213 e. The van der Waals surface area contributed by atoms with Crippen LogP contribution in [0.4, 0.5) is 4.39 Å². The fourth-order valence-corrected chi connectivity index (χ4v) is 3.44. The van der Waals surface area contributed by atoms with Gasteiger partial charge in [-0.1, -0.05) is 31.0 Å². The Morgan fingerprint density at radius 1 is 1.28 bits per heavy atom. The molecule has 0 spiro atoms. The molecule has 0 aromatic heterocycles. The first-order valence-corrected chi connectivity index (χ1v) is 8.08. The summed E-state index contributed by atoms with van der Waals surface area (Å²) in [6, 6.07) is 5.95. The van der Waals surface area contributed by atoms with Gasteiger partial charge in [0.25, 0.3) is 0 Å². The van der Waals surface area contributed by atoms with E-state index in [1.807, 2.05) is 0 Å². The van der Waals surface area contributed by atoms with E-state index in [9.17, 15) is 12.8 Å². The highest BCUT2D eigenvalue weighted by Crippen LogP contribution is 2.36. The van der Waals surface area contributed by atoms with E-state index in [4.69, 9.17) is 0 Å². The van der Waals surface area contributed by atoms with Crippen LogP contribution in [0.5, 0.6) is 0 Å². The molecule has 0 bridgehead atoms. The number of hydrogen-bond acceptors (Lipinski definition) is 2. The van der Waals surface area contributed by atoms with Crippen molar-refractivity contribution >= 4 is 10.0 Å². The quantitative estimate of drug-likeness (QED) is 0.915. The summed E-state index contributed by atoms with van der Waals surface area (Å²) in [5.74, 6) is -0.151. The summed E-state index contributed by atoms with van der Waals surface area (Å²) in [6.45, 7) is 0. The second-order valence-electron chi connectivity index (χ2n) is 4.93. The molecule has 1 aromatic rings. The standard InChI is InChI=1S/C13H18FNO2S/c1-18(16,17)15-13(10-6-2-3-7-10)11-8-4-5-9-12(11)14/h4-5,8-10,13,15H,2-3,6-7H2,1H3. The zero-order valence-electron chi connectivity index (χ0n) is 10.4. The van der Waals surface area contributed by atoms with Gasteiger partial charge in [0, 0.05) is 5.56 Å². The Balaban J connectivity index is 2.32. The Kier molecular flexibility index (Phi) is 4.02. The predicted molar refractivity (Wildman–Crippen MR) is 69.1 cm³/mol. The van der Waals surface area contributed by atoms with Crippen LogP contribution in [0.2, 0.25) is 0 Å². The van der Waals surface area contributed by atoms with Gasteiger partial charge in [0.2, 0.25) is 10.0 Å². The average molecular weight is 271 g/mol. The Labute approximate surface area is 107 Å². The molecule has 1 N–H and O–H groups in total. The van der Waals surface area contributed by atoms with E-state index in [0.717, 1.165) is 31.9 Å². The highest BCUT2D eigenvalue weighted by Gasteiger charge is 2.30. The lowest BCUT2D eigenvalue weighted by molar-refractivity contribution is 0.398. The van der Waals surface area contributed by atoms with Crippen molar-refractivity contribution < 1.29 is 12.8 Å². The normalized spacial score (nSPS) is 19.0. The monoisotopic (exact) mass is 271 g/mol. The molecule has 100 valence electrons.